The molecule has 0 heterocycles. The molecular formula is C16H15F3O2. The molecule has 1 aromatic rings. The molecule has 2 rings (SSSR count). The standard InChI is InChI=1S/C16H15F3O2/c1-2-15(16(17,18)19)10-4-3-5-13(15)11-6-8-12(9-7-11)14(20)21/h3-10,13H,2H2,1H3,(H,20,21). The van der Waals surface area contributed by atoms with Crippen molar-refractivity contribution in [2.24, 2.45) is 5.41 Å². The number of aromatic carboxylic acids is 1. The normalized spacial score (nSPS) is 25.0. The van der Waals surface area contributed by atoms with Crippen LogP contribution in [0.15, 0.2) is 48.6 Å². The first-order valence-corrected chi connectivity index (χ1v) is 6.58. The van der Waals surface area contributed by atoms with E-state index in [1.165, 1.54) is 49.4 Å². The van der Waals surface area contributed by atoms with E-state index in [1.807, 2.05) is 0 Å². The summed E-state index contributed by atoms with van der Waals surface area (Å²) < 4.78 is 40.7. The zero-order chi connectivity index (χ0) is 15.7. The highest BCUT2D eigenvalue weighted by Gasteiger charge is 2.56. The third kappa shape index (κ3) is 2.60. The minimum absolute atomic E-state index is 0.0585. The Morgan fingerprint density at radius 2 is 1.86 bits per heavy atom. The molecule has 1 aliphatic rings. The largest absolute Gasteiger partial charge is 0.478 e. The van der Waals surface area contributed by atoms with Crippen LogP contribution in [0.25, 0.3) is 0 Å². The van der Waals surface area contributed by atoms with E-state index in [0.29, 0.717) is 5.56 Å². The van der Waals surface area contributed by atoms with Gasteiger partial charge in [-0.25, -0.2) is 4.79 Å². The van der Waals surface area contributed by atoms with Gasteiger partial charge in [0.25, 0.3) is 0 Å². The zero-order valence-electron chi connectivity index (χ0n) is 11.4. The Hall–Kier alpha value is -2.04. The highest BCUT2D eigenvalue weighted by Crippen LogP contribution is 2.54. The molecule has 5 heteroatoms. The third-order valence-electron chi connectivity index (χ3n) is 3.99. The first-order chi connectivity index (χ1) is 9.82. The molecular weight excluding hydrogens is 281 g/mol. The number of hydrogen-bond acceptors (Lipinski definition) is 1. The fourth-order valence-electron chi connectivity index (χ4n) is 2.73. The molecule has 0 amide bonds. The Morgan fingerprint density at radius 3 is 2.33 bits per heavy atom. The van der Waals surface area contributed by atoms with Crippen LogP contribution in [-0.2, 0) is 0 Å². The molecule has 2 unspecified atom stereocenters. The molecule has 2 atom stereocenters. The smallest absolute Gasteiger partial charge is 0.398 e. The van der Waals surface area contributed by atoms with Crippen molar-refractivity contribution in [1.29, 1.82) is 0 Å². The molecule has 0 radical (unpaired) electrons. The first kappa shape index (κ1) is 15.4. The Labute approximate surface area is 120 Å². The van der Waals surface area contributed by atoms with Crippen LogP contribution in [0.1, 0.15) is 35.2 Å². The minimum Gasteiger partial charge on any atom is -0.478 e. The molecule has 0 fully saturated rings. The molecule has 0 saturated heterocycles. The Bertz CT molecular complexity index is 585. The van der Waals surface area contributed by atoms with E-state index >= 15 is 0 Å². The summed E-state index contributed by atoms with van der Waals surface area (Å²) >= 11 is 0. The van der Waals surface area contributed by atoms with Gasteiger partial charge >= 0.3 is 12.1 Å². The van der Waals surface area contributed by atoms with Crippen molar-refractivity contribution in [2.75, 3.05) is 0 Å². The van der Waals surface area contributed by atoms with E-state index < -0.39 is 23.5 Å². The maximum atomic E-state index is 13.6. The summed E-state index contributed by atoms with van der Waals surface area (Å²) in [5, 5.41) is 8.86. The zero-order valence-corrected chi connectivity index (χ0v) is 11.4. The summed E-state index contributed by atoms with van der Waals surface area (Å²) in [7, 11) is 0. The SMILES string of the molecule is CCC1(C(F)(F)F)C=CC=CC1c1ccc(C(=O)O)cc1. The molecule has 1 aliphatic carbocycles. The predicted molar refractivity (Wildman–Crippen MR) is 73.2 cm³/mol. The van der Waals surface area contributed by atoms with Crippen molar-refractivity contribution in [3.63, 3.8) is 0 Å². The van der Waals surface area contributed by atoms with E-state index in [2.05, 4.69) is 0 Å². The van der Waals surface area contributed by atoms with Gasteiger partial charge < -0.3 is 5.11 Å². The first-order valence-electron chi connectivity index (χ1n) is 6.58. The van der Waals surface area contributed by atoms with E-state index in [1.54, 1.807) is 6.08 Å². The van der Waals surface area contributed by atoms with Gasteiger partial charge in [0.2, 0.25) is 0 Å². The minimum atomic E-state index is -4.38. The molecule has 0 aromatic heterocycles. The second-order valence-electron chi connectivity index (χ2n) is 5.04. The second kappa shape index (κ2) is 5.39. The van der Waals surface area contributed by atoms with Crippen LogP contribution < -0.4 is 0 Å². The topological polar surface area (TPSA) is 37.3 Å². The molecule has 1 aromatic carbocycles. The number of alkyl halides is 3. The van der Waals surface area contributed by atoms with E-state index in [9.17, 15) is 18.0 Å². The van der Waals surface area contributed by atoms with E-state index in [0.717, 1.165) is 0 Å². The summed E-state index contributed by atoms with van der Waals surface area (Å²) in [4.78, 5) is 10.8. The Balaban J connectivity index is 2.47. The quantitative estimate of drug-likeness (QED) is 0.888. The summed E-state index contributed by atoms with van der Waals surface area (Å²) in [5.74, 6) is -1.95. The van der Waals surface area contributed by atoms with E-state index in [-0.39, 0.29) is 12.0 Å². The lowest BCUT2D eigenvalue weighted by atomic mass is 9.67. The van der Waals surface area contributed by atoms with Crippen LogP contribution in [0, 0.1) is 5.41 Å². The van der Waals surface area contributed by atoms with Gasteiger partial charge in [0.1, 0.15) is 0 Å². The van der Waals surface area contributed by atoms with Gasteiger partial charge in [-0.1, -0.05) is 43.4 Å². The molecule has 0 saturated carbocycles. The molecule has 0 bridgehead atoms. The Morgan fingerprint density at radius 1 is 1.24 bits per heavy atom. The number of hydrogen-bond donors (Lipinski definition) is 1. The maximum Gasteiger partial charge on any atom is 0.398 e. The number of benzene rings is 1. The lowest BCUT2D eigenvalue weighted by molar-refractivity contribution is -0.211. The average molecular weight is 296 g/mol. The van der Waals surface area contributed by atoms with Gasteiger partial charge in [-0.2, -0.15) is 13.2 Å². The van der Waals surface area contributed by atoms with Crippen LogP contribution >= 0.6 is 0 Å². The summed E-state index contributed by atoms with van der Waals surface area (Å²) in [6.45, 7) is 1.51. The molecule has 21 heavy (non-hydrogen) atoms. The highest BCUT2D eigenvalue weighted by molar-refractivity contribution is 5.87. The van der Waals surface area contributed by atoms with Crippen LogP contribution in [0.2, 0.25) is 0 Å². The van der Waals surface area contributed by atoms with Crippen molar-refractivity contribution in [1.82, 2.24) is 0 Å². The number of halogens is 3. The molecule has 0 spiro atoms. The number of carbonyl (C=O) groups is 1. The van der Waals surface area contributed by atoms with Crippen molar-refractivity contribution in [2.45, 2.75) is 25.4 Å². The van der Waals surface area contributed by atoms with Gasteiger partial charge in [0.15, 0.2) is 0 Å². The van der Waals surface area contributed by atoms with Gasteiger partial charge in [0, 0.05) is 5.92 Å². The van der Waals surface area contributed by atoms with Crippen LogP contribution in [0.3, 0.4) is 0 Å². The van der Waals surface area contributed by atoms with Crippen molar-refractivity contribution in [3.05, 3.63) is 59.7 Å². The lowest BCUT2D eigenvalue weighted by Crippen LogP contribution is -2.41. The van der Waals surface area contributed by atoms with Crippen molar-refractivity contribution < 1.29 is 23.1 Å². The summed E-state index contributed by atoms with van der Waals surface area (Å²) in [6, 6.07) is 5.57. The predicted octanol–water partition coefficient (Wildman–Crippen LogP) is 4.55. The molecule has 2 nitrogen and oxygen atoms in total. The summed E-state index contributed by atoms with van der Waals surface area (Å²) in [5.41, 5.74) is -1.44. The number of allylic oxidation sites excluding steroid dienone is 4. The van der Waals surface area contributed by atoms with Crippen LogP contribution in [0.4, 0.5) is 13.2 Å². The second-order valence-corrected chi connectivity index (χ2v) is 5.04. The van der Waals surface area contributed by atoms with Gasteiger partial charge in [0.05, 0.1) is 11.0 Å². The van der Waals surface area contributed by atoms with Gasteiger partial charge in [-0.15, -0.1) is 0 Å². The highest BCUT2D eigenvalue weighted by atomic mass is 19.4. The third-order valence-corrected chi connectivity index (χ3v) is 3.99. The van der Waals surface area contributed by atoms with Crippen LogP contribution in [0.5, 0.6) is 0 Å². The maximum absolute atomic E-state index is 13.6. The summed E-state index contributed by atoms with van der Waals surface area (Å²) in [6.07, 6.45) is 1.27. The molecule has 112 valence electrons. The van der Waals surface area contributed by atoms with E-state index in [4.69, 9.17) is 5.11 Å². The molecule has 1 N–H and O–H groups in total. The van der Waals surface area contributed by atoms with Gasteiger partial charge in [-0.3, -0.25) is 0 Å². The average Bonchev–Trinajstić information content (AvgIpc) is 2.46. The number of carboxylic acid groups (broad SMARTS) is 1. The van der Waals surface area contributed by atoms with Crippen molar-refractivity contribution >= 4 is 5.97 Å². The monoisotopic (exact) mass is 296 g/mol. The van der Waals surface area contributed by atoms with Crippen LogP contribution in [-0.4, -0.2) is 17.3 Å². The van der Waals surface area contributed by atoms with Crippen molar-refractivity contribution in [3.8, 4) is 0 Å². The van der Waals surface area contributed by atoms with Gasteiger partial charge in [-0.05, 0) is 24.1 Å². The molecule has 0 aliphatic heterocycles. The Kier molecular flexibility index (Phi) is 3.94. The fourth-order valence-corrected chi connectivity index (χ4v) is 2.73. The number of rotatable bonds is 3. The lowest BCUT2D eigenvalue weighted by Gasteiger charge is -2.39. The fraction of sp³-hybridized carbons (Fsp3) is 0.312. The number of carboxylic acids is 1.